The summed E-state index contributed by atoms with van der Waals surface area (Å²) in [6.07, 6.45) is 1.47. The summed E-state index contributed by atoms with van der Waals surface area (Å²) < 4.78 is 0. The van der Waals surface area contributed by atoms with E-state index in [0.29, 0.717) is 0 Å². The van der Waals surface area contributed by atoms with Crippen molar-refractivity contribution in [1.82, 2.24) is 0 Å². The Morgan fingerprint density at radius 3 is 1.00 bits per heavy atom. The highest BCUT2D eigenvalue weighted by atomic mass is 35.5. The van der Waals surface area contributed by atoms with E-state index in [1.54, 1.807) is 0 Å². The Morgan fingerprint density at radius 2 is 1.00 bits per heavy atom. The van der Waals surface area contributed by atoms with Crippen molar-refractivity contribution in [3.05, 3.63) is 0 Å². The normalized spacial score (nSPS) is 1.50. The fraction of sp³-hybridized carbons (Fsp3) is 1.00. The molecule has 0 atom stereocenters. The molecule has 0 saturated carbocycles. The Bertz CT molecular complexity index is 6.00. The van der Waals surface area contributed by atoms with E-state index < -0.39 is 0 Å². The molecule has 0 saturated heterocycles. The first-order chi connectivity index (χ1) is 1.00. The zero-order valence-corrected chi connectivity index (χ0v) is 2.95. The van der Waals surface area contributed by atoms with E-state index in [0.717, 1.165) is 0 Å². The van der Waals surface area contributed by atoms with E-state index in [1.165, 1.54) is 6.38 Å². The van der Waals surface area contributed by atoms with Crippen LogP contribution in [0.5, 0.6) is 0 Å². The molecular formula is CH5ClF2. The second kappa shape index (κ2) is 647. The van der Waals surface area contributed by atoms with Gasteiger partial charge in [0.15, 0.2) is 0 Å². The Morgan fingerprint density at radius 1 is 1.00 bits per heavy atom. The molecule has 0 aromatic rings. The molecule has 0 aliphatic rings. The largest absolute Gasteiger partial charge is 0.269 e. The van der Waals surface area contributed by atoms with Crippen LogP contribution in [-0.2, 0) is 0 Å². The van der Waals surface area contributed by atoms with E-state index in [2.05, 4.69) is 11.6 Å². The van der Waals surface area contributed by atoms with Crippen LogP contribution >= 0.6 is 11.6 Å². The molecular weight excluding hydrogens is 85.5 g/mol. The van der Waals surface area contributed by atoms with Gasteiger partial charge in [0.05, 0.1) is 0 Å². The van der Waals surface area contributed by atoms with Gasteiger partial charge in [-0.15, -0.1) is 11.6 Å². The molecule has 4 heavy (non-hydrogen) atoms. The van der Waals surface area contributed by atoms with Crippen molar-refractivity contribution in [2.75, 3.05) is 6.38 Å². The predicted molar refractivity (Wildman–Crippen MR) is 16.8 cm³/mol. The van der Waals surface area contributed by atoms with Crippen LogP contribution < -0.4 is 0 Å². The minimum absolute atomic E-state index is 0. The van der Waals surface area contributed by atoms with Crippen molar-refractivity contribution in [2.45, 2.75) is 0 Å². The van der Waals surface area contributed by atoms with Crippen molar-refractivity contribution in [2.24, 2.45) is 0 Å². The van der Waals surface area contributed by atoms with Crippen LogP contribution in [0.1, 0.15) is 0 Å². The Hall–Kier alpha value is 0.150. The van der Waals surface area contributed by atoms with Gasteiger partial charge in [0.2, 0.25) is 0 Å². The molecule has 3 heteroatoms. The summed E-state index contributed by atoms with van der Waals surface area (Å²) in [5.41, 5.74) is 0. The van der Waals surface area contributed by atoms with Crippen LogP contribution in [0.4, 0.5) is 9.41 Å². The second-order valence-corrected chi connectivity index (χ2v) is 0. The molecule has 0 heterocycles. The third-order valence-electron chi connectivity index (χ3n) is 0. The molecule has 0 bridgehead atoms. The van der Waals surface area contributed by atoms with Crippen LogP contribution in [0.3, 0.4) is 0 Å². The average molecular weight is 90.5 g/mol. The van der Waals surface area contributed by atoms with Gasteiger partial charge < -0.3 is 0 Å². The van der Waals surface area contributed by atoms with E-state index in [-0.39, 0.29) is 9.41 Å². The molecule has 0 aliphatic carbocycles. The summed E-state index contributed by atoms with van der Waals surface area (Å²) >= 11 is 4.64. The van der Waals surface area contributed by atoms with Crippen LogP contribution in [0.2, 0.25) is 0 Å². The average Bonchev–Trinajstić information content (AvgIpc) is 1.00. The smallest absolute Gasteiger partial charge is 0.0108 e. The van der Waals surface area contributed by atoms with Gasteiger partial charge in [-0.1, -0.05) is 0 Å². The molecule has 0 aliphatic heterocycles. The molecule has 0 rings (SSSR count). The first-order valence-electron chi connectivity index (χ1n) is 0.378. The highest BCUT2D eigenvalue weighted by Crippen LogP contribution is 1.34. The van der Waals surface area contributed by atoms with Gasteiger partial charge in [-0.25, -0.2) is 0 Å². The molecule has 0 aromatic carbocycles. The molecule has 0 spiro atoms. The standard InChI is InChI=1S/CH3Cl.2FH/c1-2;;/h1H3;2*1H. The molecule has 0 radical (unpaired) electrons. The van der Waals surface area contributed by atoms with E-state index in [4.69, 9.17) is 0 Å². The third kappa shape index (κ3) is 126. The Labute approximate surface area is 28.5 Å². The van der Waals surface area contributed by atoms with Gasteiger partial charge in [0.25, 0.3) is 0 Å². The summed E-state index contributed by atoms with van der Waals surface area (Å²) in [6.45, 7) is 0. The van der Waals surface area contributed by atoms with E-state index >= 15 is 0 Å². The summed E-state index contributed by atoms with van der Waals surface area (Å²) in [7, 11) is 0. The number of alkyl halides is 1. The van der Waals surface area contributed by atoms with Gasteiger partial charge in [-0.3, -0.25) is 9.41 Å². The molecule has 0 unspecified atom stereocenters. The van der Waals surface area contributed by atoms with Crippen LogP contribution in [0, 0.1) is 0 Å². The minimum atomic E-state index is 0. The Kier molecular flexibility index (Phi) is 5040. The quantitative estimate of drug-likeness (QED) is 0.392. The minimum Gasteiger partial charge on any atom is -0.269 e. The van der Waals surface area contributed by atoms with Gasteiger partial charge in [-0.05, 0) is 0 Å². The molecule has 30 valence electrons. The lowest BCUT2D eigenvalue weighted by Gasteiger charge is -1.06. The monoisotopic (exact) mass is 90.0 g/mol. The molecule has 0 aromatic heterocycles. The molecule has 0 N–H and O–H groups in total. The van der Waals surface area contributed by atoms with Gasteiger partial charge in [0.1, 0.15) is 0 Å². The number of hydrogen-bond donors (Lipinski definition) is 0. The SMILES string of the molecule is CCl.F.F. The zero-order chi connectivity index (χ0) is 2.00. The Balaban J connectivity index is -0.00000000500. The predicted octanol–water partition coefficient (Wildman–Crippen LogP) is 1.16. The zero-order valence-electron chi connectivity index (χ0n) is 2.19. The van der Waals surface area contributed by atoms with Crippen molar-refractivity contribution in [3.8, 4) is 0 Å². The van der Waals surface area contributed by atoms with Crippen LogP contribution in [-0.4, -0.2) is 6.38 Å². The summed E-state index contributed by atoms with van der Waals surface area (Å²) in [5.74, 6) is 0. The maximum atomic E-state index is 4.64. The number of rotatable bonds is 0. The van der Waals surface area contributed by atoms with Gasteiger partial charge in [-0.2, -0.15) is 0 Å². The maximum Gasteiger partial charge on any atom is 0.0108 e. The van der Waals surface area contributed by atoms with Gasteiger partial charge in [0, 0.05) is 6.38 Å². The van der Waals surface area contributed by atoms with Crippen molar-refractivity contribution >= 4 is 11.6 Å². The molecule has 0 fully saturated rings. The fourth-order valence-electron chi connectivity index (χ4n) is 0. The van der Waals surface area contributed by atoms with Crippen LogP contribution in [0.15, 0.2) is 0 Å². The third-order valence-corrected chi connectivity index (χ3v) is 0. The maximum absolute atomic E-state index is 4.64. The van der Waals surface area contributed by atoms with Crippen molar-refractivity contribution in [1.29, 1.82) is 0 Å². The highest BCUT2D eigenvalue weighted by Gasteiger charge is 0.943. The van der Waals surface area contributed by atoms with E-state index in [9.17, 15) is 0 Å². The van der Waals surface area contributed by atoms with E-state index in [1.807, 2.05) is 0 Å². The lowest BCUT2D eigenvalue weighted by molar-refractivity contribution is 1.11. The van der Waals surface area contributed by atoms with Crippen molar-refractivity contribution < 1.29 is 9.41 Å². The lowest BCUT2D eigenvalue weighted by atomic mass is 12.0. The summed E-state index contributed by atoms with van der Waals surface area (Å²) in [5, 5.41) is 0. The highest BCUT2D eigenvalue weighted by molar-refractivity contribution is 6.15. The van der Waals surface area contributed by atoms with Crippen LogP contribution in [0.25, 0.3) is 0 Å². The summed E-state index contributed by atoms with van der Waals surface area (Å²) in [6, 6.07) is 0. The first kappa shape index (κ1) is 31.1. The fourth-order valence-corrected chi connectivity index (χ4v) is 0. The molecule has 0 amide bonds. The second-order valence-electron chi connectivity index (χ2n) is 0. The summed E-state index contributed by atoms with van der Waals surface area (Å²) in [4.78, 5) is 0. The molecule has 0 nitrogen and oxygen atoms in total. The number of halogens is 3. The topological polar surface area (TPSA) is 0 Å². The first-order valence-corrected chi connectivity index (χ1v) is 1.13. The number of hydrogen-bond acceptors (Lipinski definition) is 0. The van der Waals surface area contributed by atoms with Gasteiger partial charge >= 0.3 is 0 Å². The lowest BCUT2D eigenvalue weighted by Crippen LogP contribution is -0.852. The van der Waals surface area contributed by atoms with Crippen molar-refractivity contribution in [3.63, 3.8) is 0 Å².